The van der Waals surface area contributed by atoms with Crippen LogP contribution in [0, 0.1) is 0 Å². The number of imide groups is 1. The van der Waals surface area contributed by atoms with Crippen molar-refractivity contribution in [3.05, 3.63) is 71.8 Å². The number of benzene rings is 2. The van der Waals surface area contributed by atoms with Crippen molar-refractivity contribution >= 4 is 11.9 Å². The van der Waals surface area contributed by atoms with Crippen LogP contribution in [-0.4, -0.2) is 60.5 Å². The smallest absolute Gasteiger partial charge is 0.321 e. The molecule has 3 amide bonds. The van der Waals surface area contributed by atoms with Gasteiger partial charge in [0.15, 0.2) is 0 Å². The first kappa shape index (κ1) is 21.5. The van der Waals surface area contributed by atoms with Crippen LogP contribution in [0.15, 0.2) is 60.7 Å². The van der Waals surface area contributed by atoms with Crippen LogP contribution in [0.4, 0.5) is 4.79 Å². The largest absolute Gasteiger partial charge is 0.335 e. The first-order chi connectivity index (χ1) is 15.2. The fourth-order valence-corrected chi connectivity index (χ4v) is 4.73. The summed E-state index contributed by atoms with van der Waals surface area (Å²) in [6.07, 6.45) is 4.31. The highest BCUT2D eigenvalue weighted by Gasteiger charge is 2.27. The monoisotopic (exact) mass is 420 g/mol. The molecule has 1 heterocycles. The fraction of sp³-hybridized carbons (Fsp3) is 0.440. The SMILES string of the molecule is O=C(CN1CCN(C(c2ccccc2)c2ccccc2)CC1)NC(=O)NC1CCCC1. The molecule has 2 aliphatic rings. The maximum Gasteiger partial charge on any atom is 0.321 e. The second-order valence-corrected chi connectivity index (χ2v) is 8.54. The van der Waals surface area contributed by atoms with E-state index in [1.54, 1.807) is 0 Å². The molecule has 2 fully saturated rings. The Morgan fingerprint density at radius 1 is 0.839 bits per heavy atom. The van der Waals surface area contributed by atoms with Crippen molar-refractivity contribution in [2.45, 2.75) is 37.8 Å². The predicted octanol–water partition coefficient (Wildman–Crippen LogP) is 3.16. The first-order valence-corrected chi connectivity index (χ1v) is 11.4. The molecule has 2 aromatic rings. The average molecular weight is 421 g/mol. The number of nitrogens with one attached hydrogen (secondary N) is 2. The van der Waals surface area contributed by atoms with Crippen molar-refractivity contribution in [2.75, 3.05) is 32.7 Å². The molecule has 1 saturated heterocycles. The zero-order valence-corrected chi connectivity index (χ0v) is 18.0. The topological polar surface area (TPSA) is 64.7 Å². The van der Waals surface area contributed by atoms with Crippen LogP contribution in [-0.2, 0) is 4.79 Å². The lowest BCUT2D eigenvalue weighted by molar-refractivity contribution is -0.121. The Kier molecular flexibility index (Phi) is 7.33. The van der Waals surface area contributed by atoms with Gasteiger partial charge in [0.2, 0.25) is 5.91 Å². The Morgan fingerprint density at radius 2 is 1.39 bits per heavy atom. The first-order valence-electron chi connectivity index (χ1n) is 11.4. The van der Waals surface area contributed by atoms with Gasteiger partial charge < -0.3 is 5.32 Å². The third kappa shape index (κ3) is 5.93. The molecule has 0 radical (unpaired) electrons. The number of rotatable bonds is 6. The number of carbonyl (C=O) groups is 2. The number of hydrogen-bond acceptors (Lipinski definition) is 4. The normalized spacial score (nSPS) is 18.2. The Bertz CT molecular complexity index is 805. The highest BCUT2D eigenvalue weighted by molar-refractivity contribution is 5.95. The Morgan fingerprint density at radius 3 is 1.94 bits per heavy atom. The summed E-state index contributed by atoms with van der Waals surface area (Å²) in [6, 6.07) is 21.2. The number of carbonyl (C=O) groups excluding carboxylic acids is 2. The Balaban J connectivity index is 1.30. The number of amides is 3. The van der Waals surface area contributed by atoms with Crippen LogP contribution in [0.5, 0.6) is 0 Å². The molecule has 0 unspecified atom stereocenters. The molecular weight excluding hydrogens is 388 g/mol. The average Bonchev–Trinajstić information content (AvgIpc) is 3.29. The summed E-state index contributed by atoms with van der Waals surface area (Å²) in [5, 5.41) is 5.40. The second kappa shape index (κ2) is 10.6. The van der Waals surface area contributed by atoms with Gasteiger partial charge in [0.25, 0.3) is 0 Å². The summed E-state index contributed by atoms with van der Waals surface area (Å²) in [7, 11) is 0. The summed E-state index contributed by atoms with van der Waals surface area (Å²) in [5.41, 5.74) is 2.56. The molecule has 1 saturated carbocycles. The van der Waals surface area contributed by atoms with Crippen LogP contribution in [0.3, 0.4) is 0 Å². The molecule has 0 atom stereocenters. The van der Waals surface area contributed by atoms with Crippen molar-refractivity contribution < 1.29 is 9.59 Å². The van der Waals surface area contributed by atoms with E-state index >= 15 is 0 Å². The Labute approximate surface area is 184 Å². The van der Waals surface area contributed by atoms with Gasteiger partial charge in [-0.1, -0.05) is 73.5 Å². The minimum Gasteiger partial charge on any atom is -0.335 e. The molecule has 2 aromatic carbocycles. The quantitative estimate of drug-likeness (QED) is 0.754. The van der Waals surface area contributed by atoms with E-state index in [-0.39, 0.29) is 30.6 Å². The van der Waals surface area contributed by atoms with E-state index < -0.39 is 0 Å². The zero-order chi connectivity index (χ0) is 21.5. The third-order valence-corrected chi connectivity index (χ3v) is 6.31. The van der Waals surface area contributed by atoms with Gasteiger partial charge in [0.1, 0.15) is 0 Å². The van der Waals surface area contributed by atoms with E-state index in [4.69, 9.17) is 0 Å². The van der Waals surface area contributed by atoms with Crippen LogP contribution >= 0.6 is 0 Å². The van der Waals surface area contributed by atoms with Crippen LogP contribution in [0.25, 0.3) is 0 Å². The number of urea groups is 1. The van der Waals surface area contributed by atoms with Crippen molar-refractivity contribution in [2.24, 2.45) is 0 Å². The summed E-state index contributed by atoms with van der Waals surface area (Å²) in [6.45, 7) is 3.60. The lowest BCUT2D eigenvalue weighted by atomic mass is 9.96. The fourth-order valence-electron chi connectivity index (χ4n) is 4.73. The van der Waals surface area contributed by atoms with E-state index in [0.717, 1.165) is 51.9 Å². The summed E-state index contributed by atoms with van der Waals surface area (Å²) < 4.78 is 0. The molecule has 4 rings (SSSR count). The third-order valence-electron chi connectivity index (χ3n) is 6.31. The standard InChI is InChI=1S/C25H32N4O2/c30-23(27-25(31)26-22-13-7-8-14-22)19-28-15-17-29(18-16-28)24(20-9-3-1-4-10-20)21-11-5-2-6-12-21/h1-6,9-12,22,24H,7-8,13-19H2,(H2,26,27,30,31). The van der Waals surface area contributed by atoms with Crippen molar-refractivity contribution in [3.63, 3.8) is 0 Å². The molecule has 6 heteroatoms. The van der Waals surface area contributed by atoms with Crippen LogP contribution in [0.1, 0.15) is 42.9 Å². The lowest BCUT2D eigenvalue weighted by Gasteiger charge is -2.39. The van der Waals surface area contributed by atoms with E-state index in [9.17, 15) is 9.59 Å². The van der Waals surface area contributed by atoms with Crippen LogP contribution in [0.2, 0.25) is 0 Å². The van der Waals surface area contributed by atoms with Crippen molar-refractivity contribution in [1.29, 1.82) is 0 Å². The lowest BCUT2D eigenvalue weighted by Crippen LogP contribution is -2.52. The van der Waals surface area contributed by atoms with Gasteiger partial charge in [-0.3, -0.25) is 19.9 Å². The van der Waals surface area contributed by atoms with E-state index in [0.29, 0.717) is 0 Å². The van der Waals surface area contributed by atoms with Gasteiger partial charge in [-0.2, -0.15) is 0 Å². The highest BCUT2D eigenvalue weighted by Crippen LogP contribution is 2.29. The van der Waals surface area contributed by atoms with Gasteiger partial charge in [0.05, 0.1) is 12.6 Å². The van der Waals surface area contributed by atoms with E-state index in [1.165, 1.54) is 11.1 Å². The number of nitrogens with zero attached hydrogens (tertiary/aromatic N) is 2. The maximum atomic E-state index is 12.3. The van der Waals surface area contributed by atoms with Gasteiger partial charge in [-0.25, -0.2) is 4.79 Å². The highest BCUT2D eigenvalue weighted by atomic mass is 16.2. The van der Waals surface area contributed by atoms with Crippen molar-refractivity contribution in [3.8, 4) is 0 Å². The summed E-state index contributed by atoms with van der Waals surface area (Å²) in [4.78, 5) is 29.0. The van der Waals surface area contributed by atoms with Gasteiger partial charge in [-0.15, -0.1) is 0 Å². The maximum absolute atomic E-state index is 12.3. The van der Waals surface area contributed by atoms with E-state index in [1.807, 2.05) is 12.1 Å². The minimum absolute atomic E-state index is 0.204. The molecule has 0 spiro atoms. The molecule has 1 aliphatic carbocycles. The van der Waals surface area contributed by atoms with Crippen molar-refractivity contribution in [1.82, 2.24) is 20.4 Å². The minimum atomic E-state index is -0.358. The number of piperazine rings is 1. The molecular formula is C25H32N4O2. The molecule has 1 aliphatic heterocycles. The zero-order valence-electron chi connectivity index (χ0n) is 18.0. The molecule has 6 nitrogen and oxygen atoms in total. The number of hydrogen-bond donors (Lipinski definition) is 2. The molecule has 164 valence electrons. The Hall–Kier alpha value is -2.70. The predicted molar refractivity (Wildman–Crippen MR) is 122 cm³/mol. The molecule has 31 heavy (non-hydrogen) atoms. The second-order valence-electron chi connectivity index (χ2n) is 8.54. The van der Waals surface area contributed by atoms with Crippen LogP contribution < -0.4 is 10.6 Å². The summed E-state index contributed by atoms with van der Waals surface area (Å²) in [5.74, 6) is -0.230. The van der Waals surface area contributed by atoms with Gasteiger partial charge in [0, 0.05) is 32.2 Å². The molecule has 0 aromatic heterocycles. The van der Waals surface area contributed by atoms with E-state index in [2.05, 4.69) is 69.0 Å². The molecule has 2 N–H and O–H groups in total. The van der Waals surface area contributed by atoms with Gasteiger partial charge >= 0.3 is 6.03 Å². The van der Waals surface area contributed by atoms with Gasteiger partial charge in [-0.05, 0) is 24.0 Å². The summed E-state index contributed by atoms with van der Waals surface area (Å²) >= 11 is 0. The molecule has 0 bridgehead atoms.